The summed E-state index contributed by atoms with van der Waals surface area (Å²) in [4.78, 5) is 22.2. The van der Waals surface area contributed by atoms with Gasteiger partial charge in [0.25, 0.3) is 0 Å². The normalized spacial score (nSPS) is 14.5. The van der Waals surface area contributed by atoms with Crippen LogP contribution < -0.4 is 5.32 Å². The fourth-order valence-corrected chi connectivity index (χ4v) is 5.83. The first-order chi connectivity index (χ1) is 21.1. The number of hydrogen-bond acceptors (Lipinski definition) is 6. The van der Waals surface area contributed by atoms with Crippen molar-refractivity contribution in [1.82, 2.24) is 34.4 Å². The maximum Gasteiger partial charge on any atom is 0.408 e. The van der Waals surface area contributed by atoms with Crippen molar-refractivity contribution in [2.45, 2.75) is 51.2 Å². The molecule has 222 valence electrons. The van der Waals surface area contributed by atoms with Crippen LogP contribution in [0.4, 0.5) is 9.18 Å². The number of pyridine rings is 2. The van der Waals surface area contributed by atoms with Gasteiger partial charge in [-0.1, -0.05) is 36.4 Å². The highest BCUT2D eigenvalue weighted by molar-refractivity contribution is 5.98. The first kappa shape index (κ1) is 27.7. The largest absolute Gasteiger partial charge is 0.444 e. The number of carbonyl (C=O) groups excluding carboxylic acids is 1. The number of nitrogens with zero attached hydrogens (tertiary/aromatic N) is 6. The number of aryl methyl sites for hydroxylation is 1. The Labute approximate surface area is 253 Å². The number of hydrogen-bond donors (Lipinski definition) is 1. The highest BCUT2D eigenvalue weighted by Crippen LogP contribution is 2.43. The molecule has 7 rings (SSSR count). The monoisotopic (exact) mass is 589 g/mol. The van der Waals surface area contributed by atoms with Gasteiger partial charge in [-0.15, -0.1) is 10.2 Å². The molecule has 0 spiro atoms. The van der Waals surface area contributed by atoms with Gasteiger partial charge in [-0.25, -0.2) is 19.2 Å². The number of benzene rings is 2. The van der Waals surface area contributed by atoms with Gasteiger partial charge in [0, 0.05) is 36.0 Å². The molecule has 0 radical (unpaired) electrons. The summed E-state index contributed by atoms with van der Waals surface area (Å²) in [5, 5.41) is 12.9. The molecule has 0 aliphatic heterocycles. The van der Waals surface area contributed by atoms with Crippen molar-refractivity contribution in [3.8, 4) is 33.9 Å². The molecule has 4 aromatic heterocycles. The number of rotatable bonds is 5. The van der Waals surface area contributed by atoms with E-state index in [4.69, 9.17) is 9.72 Å². The Kier molecular flexibility index (Phi) is 6.46. The van der Waals surface area contributed by atoms with E-state index in [9.17, 15) is 9.18 Å². The average Bonchev–Trinajstić information content (AvgIpc) is 3.60. The third kappa shape index (κ3) is 4.96. The van der Waals surface area contributed by atoms with Crippen molar-refractivity contribution in [2.75, 3.05) is 0 Å². The van der Waals surface area contributed by atoms with E-state index < -0.39 is 17.2 Å². The molecular formula is C34H32FN7O2. The molecule has 0 bridgehead atoms. The topological polar surface area (TPSA) is 99.2 Å². The number of alkyl carbamates (subject to hydrolysis) is 1. The predicted octanol–water partition coefficient (Wildman–Crippen LogP) is 7.06. The number of fused-ring (bicyclic) bond motifs is 3. The number of carbonyl (C=O) groups is 1. The predicted molar refractivity (Wildman–Crippen MR) is 166 cm³/mol. The smallest absolute Gasteiger partial charge is 0.408 e. The highest BCUT2D eigenvalue weighted by Gasteiger charge is 2.41. The molecular weight excluding hydrogens is 557 g/mol. The number of amides is 1. The van der Waals surface area contributed by atoms with Crippen LogP contribution in [-0.2, 0) is 17.3 Å². The fourth-order valence-electron chi connectivity index (χ4n) is 5.83. The van der Waals surface area contributed by atoms with Crippen LogP contribution in [0.5, 0.6) is 0 Å². The number of aromatic nitrogens is 6. The number of nitrogens with one attached hydrogen (secondary N) is 1. The van der Waals surface area contributed by atoms with Crippen LogP contribution in [0.3, 0.4) is 0 Å². The lowest BCUT2D eigenvalue weighted by Gasteiger charge is -2.43. The van der Waals surface area contributed by atoms with Crippen LogP contribution in [0.1, 0.15) is 45.6 Å². The van der Waals surface area contributed by atoms with E-state index in [1.165, 1.54) is 12.1 Å². The van der Waals surface area contributed by atoms with E-state index in [1.54, 1.807) is 18.5 Å². The molecule has 4 heterocycles. The van der Waals surface area contributed by atoms with Gasteiger partial charge in [0.15, 0.2) is 11.5 Å². The van der Waals surface area contributed by atoms with Crippen LogP contribution in [0, 0.1) is 5.82 Å². The van der Waals surface area contributed by atoms with Crippen LogP contribution in [0.15, 0.2) is 79.4 Å². The summed E-state index contributed by atoms with van der Waals surface area (Å²) in [5.41, 5.74) is 5.44. The minimum Gasteiger partial charge on any atom is -0.444 e. The first-order valence-electron chi connectivity index (χ1n) is 14.6. The summed E-state index contributed by atoms with van der Waals surface area (Å²) >= 11 is 0. The SMILES string of the molecule is Cn1cnc(-c2nnc3c4cc(-c5ccc(F)cc5)c(-c5ccc(C6(NC(=O)OC(C)(C)C)CCC6)cc5)nc4ccn23)c1. The van der Waals surface area contributed by atoms with E-state index in [2.05, 4.69) is 20.5 Å². The molecule has 2 aromatic carbocycles. The first-order valence-corrected chi connectivity index (χ1v) is 14.6. The van der Waals surface area contributed by atoms with Gasteiger partial charge in [0.2, 0.25) is 0 Å². The molecule has 44 heavy (non-hydrogen) atoms. The molecule has 1 amide bonds. The van der Waals surface area contributed by atoms with E-state index >= 15 is 0 Å². The summed E-state index contributed by atoms with van der Waals surface area (Å²) in [7, 11) is 1.91. The van der Waals surface area contributed by atoms with Crippen molar-refractivity contribution in [1.29, 1.82) is 0 Å². The Bertz CT molecular complexity index is 2020. The molecule has 10 heteroatoms. The average molecular weight is 590 g/mol. The van der Waals surface area contributed by atoms with Crippen LogP contribution in [0.25, 0.3) is 50.5 Å². The standard InChI is InChI=1S/C34H32FN7O2/c1-33(2,3)44-32(43)38-34(15-5-16-34)23-10-6-22(7-11-23)29-25(21-8-12-24(35)13-9-21)18-26-27(37-29)14-17-42-30(26)39-40-31(42)28-19-41(4)20-36-28/h6-14,17-20H,5,15-16H2,1-4H3,(H,38,43). The lowest BCUT2D eigenvalue weighted by molar-refractivity contribution is 0.0377. The molecule has 1 saturated carbocycles. The second kappa shape index (κ2) is 10.3. The second-order valence-corrected chi connectivity index (χ2v) is 12.4. The van der Waals surface area contributed by atoms with E-state index in [1.807, 2.05) is 85.6 Å². The molecule has 1 fully saturated rings. The highest BCUT2D eigenvalue weighted by atomic mass is 19.1. The Hall–Kier alpha value is -5.12. The molecule has 0 unspecified atom stereocenters. The lowest BCUT2D eigenvalue weighted by Crippen LogP contribution is -2.52. The second-order valence-electron chi connectivity index (χ2n) is 12.4. The zero-order valence-electron chi connectivity index (χ0n) is 25.0. The molecule has 0 saturated heterocycles. The fraction of sp³-hybridized carbons (Fsp3) is 0.265. The third-order valence-corrected chi connectivity index (χ3v) is 8.12. The van der Waals surface area contributed by atoms with Crippen LogP contribution in [-0.4, -0.2) is 40.8 Å². The van der Waals surface area contributed by atoms with Gasteiger partial charge in [-0.3, -0.25) is 4.40 Å². The minimum absolute atomic E-state index is 0.309. The van der Waals surface area contributed by atoms with Crippen molar-refractivity contribution in [2.24, 2.45) is 7.05 Å². The zero-order chi connectivity index (χ0) is 30.6. The summed E-state index contributed by atoms with van der Waals surface area (Å²) in [6.45, 7) is 5.58. The van der Waals surface area contributed by atoms with E-state index in [-0.39, 0.29) is 5.82 Å². The van der Waals surface area contributed by atoms with Crippen molar-refractivity contribution >= 4 is 22.6 Å². The van der Waals surface area contributed by atoms with Gasteiger partial charge in [-0.2, -0.15) is 0 Å². The summed E-state index contributed by atoms with van der Waals surface area (Å²) in [5.74, 6) is 0.326. The summed E-state index contributed by atoms with van der Waals surface area (Å²) in [6, 6.07) is 18.6. The molecule has 9 nitrogen and oxygen atoms in total. The Balaban J connectivity index is 1.32. The molecule has 1 N–H and O–H groups in total. The minimum atomic E-state index is -0.574. The molecule has 0 atom stereocenters. The number of imidazole rings is 1. The zero-order valence-corrected chi connectivity index (χ0v) is 25.0. The summed E-state index contributed by atoms with van der Waals surface area (Å²) in [6.07, 6.45) is 7.82. The van der Waals surface area contributed by atoms with Gasteiger partial charge in [0.05, 0.1) is 23.1 Å². The molecule has 6 aromatic rings. The van der Waals surface area contributed by atoms with E-state index in [0.717, 1.165) is 58.1 Å². The number of halogens is 1. The third-order valence-electron chi connectivity index (χ3n) is 8.12. The number of ether oxygens (including phenoxy) is 1. The molecule has 1 aliphatic rings. The summed E-state index contributed by atoms with van der Waals surface area (Å²) < 4.78 is 23.3. The van der Waals surface area contributed by atoms with Crippen molar-refractivity contribution in [3.05, 3.63) is 90.8 Å². The Morgan fingerprint density at radius 1 is 1.00 bits per heavy atom. The Morgan fingerprint density at radius 2 is 1.73 bits per heavy atom. The Morgan fingerprint density at radius 3 is 2.36 bits per heavy atom. The molecule has 1 aliphatic carbocycles. The maximum atomic E-state index is 13.9. The van der Waals surface area contributed by atoms with Gasteiger partial charge >= 0.3 is 6.09 Å². The van der Waals surface area contributed by atoms with Crippen molar-refractivity contribution in [3.63, 3.8) is 0 Å². The van der Waals surface area contributed by atoms with Gasteiger partial charge < -0.3 is 14.6 Å². The quantitative estimate of drug-likeness (QED) is 0.231. The maximum absolute atomic E-state index is 13.9. The van der Waals surface area contributed by atoms with Gasteiger partial charge in [-0.05, 0) is 75.4 Å². The van der Waals surface area contributed by atoms with Gasteiger partial charge in [0.1, 0.15) is 17.1 Å². The lowest BCUT2D eigenvalue weighted by atomic mass is 9.71. The van der Waals surface area contributed by atoms with Crippen LogP contribution in [0.2, 0.25) is 0 Å². The van der Waals surface area contributed by atoms with Crippen LogP contribution >= 0.6 is 0 Å². The van der Waals surface area contributed by atoms with E-state index in [0.29, 0.717) is 17.2 Å². The van der Waals surface area contributed by atoms with Crippen molar-refractivity contribution < 1.29 is 13.9 Å².